The molecule has 0 bridgehead atoms. The van der Waals surface area contributed by atoms with Crippen molar-refractivity contribution in [3.63, 3.8) is 0 Å². The fraction of sp³-hybridized carbons (Fsp3) is 1.00. The van der Waals surface area contributed by atoms with Gasteiger partial charge in [0.05, 0.1) is 26.4 Å². The van der Waals surface area contributed by atoms with Gasteiger partial charge in [-0.05, 0) is 19.3 Å². The summed E-state index contributed by atoms with van der Waals surface area (Å²) in [6, 6.07) is 0. The van der Waals surface area contributed by atoms with Crippen molar-refractivity contribution in [3.8, 4) is 0 Å². The monoisotopic (exact) mass is 372 g/mol. The molecule has 0 radical (unpaired) electrons. The van der Waals surface area contributed by atoms with Crippen molar-refractivity contribution >= 4 is 0 Å². The summed E-state index contributed by atoms with van der Waals surface area (Å²) in [5, 5.41) is 0. The average Bonchev–Trinajstić information content (AvgIpc) is 2.65. The molecule has 158 valence electrons. The van der Waals surface area contributed by atoms with E-state index in [1.807, 2.05) is 6.92 Å². The second-order valence-electron chi connectivity index (χ2n) is 7.48. The zero-order valence-corrected chi connectivity index (χ0v) is 18.2. The van der Waals surface area contributed by atoms with Crippen molar-refractivity contribution in [2.24, 2.45) is 5.92 Å². The molecule has 3 nitrogen and oxygen atoms in total. The molecule has 0 aromatic heterocycles. The highest BCUT2D eigenvalue weighted by molar-refractivity contribution is 4.61. The van der Waals surface area contributed by atoms with Crippen LogP contribution in [-0.4, -0.2) is 39.6 Å². The lowest BCUT2D eigenvalue weighted by Gasteiger charge is -2.17. The van der Waals surface area contributed by atoms with Crippen LogP contribution in [0.15, 0.2) is 0 Å². The Hall–Kier alpha value is -0.120. The van der Waals surface area contributed by atoms with E-state index in [2.05, 4.69) is 13.8 Å². The van der Waals surface area contributed by atoms with E-state index in [4.69, 9.17) is 14.2 Å². The summed E-state index contributed by atoms with van der Waals surface area (Å²) in [6.07, 6.45) is 17.9. The van der Waals surface area contributed by atoms with Crippen LogP contribution in [0.5, 0.6) is 0 Å². The van der Waals surface area contributed by atoms with Crippen molar-refractivity contribution in [2.75, 3.05) is 39.6 Å². The Bertz CT molecular complexity index is 246. The van der Waals surface area contributed by atoms with Crippen LogP contribution in [-0.2, 0) is 14.2 Å². The van der Waals surface area contributed by atoms with Crippen LogP contribution in [0.3, 0.4) is 0 Å². The molecule has 26 heavy (non-hydrogen) atoms. The molecule has 0 aromatic carbocycles. The summed E-state index contributed by atoms with van der Waals surface area (Å²) in [5.41, 5.74) is 0. The Kier molecular flexibility index (Phi) is 22.8. The van der Waals surface area contributed by atoms with Gasteiger partial charge in [0.1, 0.15) is 0 Å². The highest BCUT2D eigenvalue weighted by atomic mass is 16.5. The fourth-order valence-corrected chi connectivity index (χ4v) is 3.34. The van der Waals surface area contributed by atoms with Gasteiger partial charge in [-0.3, -0.25) is 0 Å². The molecular formula is C23H48O3. The van der Waals surface area contributed by atoms with E-state index < -0.39 is 0 Å². The van der Waals surface area contributed by atoms with Gasteiger partial charge in [-0.15, -0.1) is 0 Å². The van der Waals surface area contributed by atoms with Crippen molar-refractivity contribution < 1.29 is 14.2 Å². The summed E-state index contributed by atoms with van der Waals surface area (Å²) in [4.78, 5) is 0. The van der Waals surface area contributed by atoms with Crippen LogP contribution < -0.4 is 0 Å². The largest absolute Gasteiger partial charge is 0.379 e. The second kappa shape index (κ2) is 22.9. The zero-order valence-electron chi connectivity index (χ0n) is 18.2. The summed E-state index contributed by atoms with van der Waals surface area (Å²) in [7, 11) is 0. The average molecular weight is 373 g/mol. The Balaban J connectivity index is 3.68. The highest BCUT2D eigenvalue weighted by Gasteiger charge is 2.08. The summed E-state index contributed by atoms with van der Waals surface area (Å²) in [6.45, 7) is 11.0. The minimum atomic E-state index is 0.676. The molecule has 0 aliphatic rings. The van der Waals surface area contributed by atoms with E-state index in [1.165, 1.54) is 83.5 Å². The van der Waals surface area contributed by atoms with Crippen molar-refractivity contribution in [1.29, 1.82) is 0 Å². The predicted molar refractivity (Wildman–Crippen MR) is 113 cm³/mol. The predicted octanol–water partition coefficient (Wildman–Crippen LogP) is 6.78. The van der Waals surface area contributed by atoms with Crippen LogP contribution >= 0.6 is 0 Å². The maximum atomic E-state index is 5.79. The van der Waals surface area contributed by atoms with Gasteiger partial charge in [0, 0.05) is 13.2 Å². The molecule has 1 unspecified atom stereocenters. The topological polar surface area (TPSA) is 27.7 Å². The molecule has 3 heteroatoms. The number of unbranched alkanes of at least 4 members (excludes halogenated alkanes) is 8. The van der Waals surface area contributed by atoms with Gasteiger partial charge in [0.25, 0.3) is 0 Å². The Morgan fingerprint density at radius 3 is 1.50 bits per heavy atom. The molecule has 1 atom stereocenters. The number of ether oxygens (including phenoxy) is 3. The normalized spacial score (nSPS) is 12.6. The van der Waals surface area contributed by atoms with Gasteiger partial charge < -0.3 is 14.2 Å². The standard InChI is InChI=1S/C23H48O3/c1-4-7-9-11-12-14-16-23(15-13-10-8-5-2)17-18-25-21-22-26-20-19-24-6-3/h23H,4-22H2,1-3H3. The lowest BCUT2D eigenvalue weighted by atomic mass is 9.92. The Morgan fingerprint density at radius 2 is 0.923 bits per heavy atom. The summed E-state index contributed by atoms with van der Waals surface area (Å²) < 4.78 is 16.5. The number of hydrogen-bond donors (Lipinski definition) is 0. The van der Waals surface area contributed by atoms with Crippen molar-refractivity contribution in [2.45, 2.75) is 104 Å². The van der Waals surface area contributed by atoms with Crippen LogP contribution in [0, 0.1) is 5.92 Å². The summed E-state index contributed by atoms with van der Waals surface area (Å²) in [5.74, 6) is 0.858. The zero-order chi connectivity index (χ0) is 19.1. The van der Waals surface area contributed by atoms with Crippen LogP contribution in [0.25, 0.3) is 0 Å². The van der Waals surface area contributed by atoms with Gasteiger partial charge in [-0.1, -0.05) is 90.9 Å². The molecule has 0 heterocycles. The first kappa shape index (κ1) is 25.9. The van der Waals surface area contributed by atoms with Crippen LogP contribution in [0.2, 0.25) is 0 Å². The van der Waals surface area contributed by atoms with E-state index >= 15 is 0 Å². The third-order valence-corrected chi connectivity index (χ3v) is 5.05. The minimum absolute atomic E-state index is 0.676. The quantitative estimate of drug-likeness (QED) is 0.196. The summed E-state index contributed by atoms with van der Waals surface area (Å²) >= 11 is 0. The van der Waals surface area contributed by atoms with E-state index in [-0.39, 0.29) is 0 Å². The molecule has 0 N–H and O–H groups in total. The van der Waals surface area contributed by atoms with Crippen LogP contribution in [0.4, 0.5) is 0 Å². The van der Waals surface area contributed by atoms with Gasteiger partial charge >= 0.3 is 0 Å². The Morgan fingerprint density at radius 1 is 0.462 bits per heavy atom. The first-order valence-electron chi connectivity index (χ1n) is 11.6. The third-order valence-electron chi connectivity index (χ3n) is 5.05. The van der Waals surface area contributed by atoms with Gasteiger partial charge in [-0.25, -0.2) is 0 Å². The number of hydrogen-bond acceptors (Lipinski definition) is 3. The molecular weight excluding hydrogens is 324 g/mol. The smallest absolute Gasteiger partial charge is 0.0701 e. The van der Waals surface area contributed by atoms with Crippen molar-refractivity contribution in [1.82, 2.24) is 0 Å². The molecule has 0 rings (SSSR count). The van der Waals surface area contributed by atoms with E-state index in [0.29, 0.717) is 26.4 Å². The fourth-order valence-electron chi connectivity index (χ4n) is 3.34. The van der Waals surface area contributed by atoms with Gasteiger partial charge in [0.15, 0.2) is 0 Å². The van der Waals surface area contributed by atoms with Gasteiger partial charge in [-0.2, -0.15) is 0 Å². The molecule has 0 fully saturated rings. The maximum absolute atomic E-state index is 5.79. The van der Waals surface area contributed by atoms with E-state index in [1.54, 1.807) is 0 Å². The molecule has 0 spiro atoms. The molecule has 0 aliphatic heterocycles. The lowest BCUT2D eigenvalue weighted by molar-refractivity contribution is 0.0141. The van der Waals surface area contributed by atoms with Crippen LogP contribution in [0.1, 0.15) is 104 Å². The number of rotatable bonds is 22. The molecule has 0 amide bonds. The third kappa shape index (κ3) is 20.2. The highest BCUT2D eigenvalue weighted by Crippen LogP contribution is 2.21. The SMILES string of the molecule is CCCCCCCCC(CCCCCC)CCOCCOCCOCC. The van der Waals surface area contributed by atoms with Gasteiger partial charge in [0.2, 0.25) is 0 Å². The Labute approximate surface area is 164 Å². The molecule has 0 aliphatic carbocycles. The first-order valence-corrected chi connectivity index (χ1v) is 11.6. The minimum Gasteiger partial charge on any atom is -0.379 e. The lowest BCUT2D eigenvalue weighted by Crippen LogP contribution is -2.11. The second-order valence-corrected chi connectivity index (χ2v) is 7.48. The first-order chi connectivity index (χ1) is 12.8. The maximum Gasteiger partial charge on any atom is 0.0701 e. The molecule has 0 saturated carbocycles. The van der Waals surface area contributed by atoms with E-state index in [9.17, 15) is 0 Å². The van der Waals surface area contributed by atoms with Crippen molar-refractivity contribution in [3.05, 3.63) is 0 Å². The molecule has 0 saturated heterocycles. The van der Waals surface area contributed by atoms with E-state index in [0.717, 1.165) is 19.1 Å². The molecule has 0 aromatic rings.